The molecule has 0 radical (unpaired) electrons. The second-order valence-corrected chi connectivity index (χ2v) is 5.58. The molecule has 0 aliphatic heterocycles. The van der Waals surface area contributed by atoms with Crippen LogP contribution in [0.2, 0.25) is 0 Å². The topological polar surface area (TPSA) is 0 Å². The van der Waals surface area contributed by atoms with Gasteiger partial charge in [0, 0.05) is 0 Å². The lowest BCUT2D eigenvalue weighted by atomic mass is 9.90. The zero-order chi connectivity index (χ0) is 14.1. The van der Waals surface area contributed by atoms with E-state index in [1.807, 2.05) is 6.92 Å². The summed E-state index contributed by atoms with van der Waals surface area (Å²) in [6.07, 6.45) is -4.43. The number of rotatable bonds is 2. The lowest BCUT2D eigenvalue weighted by molar-refractivity contribution is -0.149. The van der Waals surface area contributed by atoms with Gasteiger partial charge in [0.25, 0.3) is 0 Å². The third-order valence-electron chi connectivity index (χ3n) is 3.01. The van der Waals surface area contributed by atoms with Crippen molar-refractivity contribution < 1.29 is 13.2 Å². The maximum absolute atomic E-state index is 13.5. The van der Waals surface area contributed by atoms with Crippen LogP contribution >= 0.6 is 15.9 Å². The summed E-state index contributed by atoms with van der Waals surface area (Å²) in [4.78, 5) is 0. The summed E-state index contributed by atoms with van der Waals surface area (Å²) in [5, 5.41) is 0. The normalized spacial score (nSPS) is 15.0. The number of alkyl halides is 4. The minimum absolute atomic E-state index is 0.173. The van der Waals surface area contributed by atoms with E-state index in [4.69, 9.17) is 0 Å². The molecule has 0 amide bonds. The Morgan fingerprint density at radius 3 is 1.74 bits per heavy atom. The highest BCUT2D eigenvalue weighted by Crippen LogP contribution is 2.51. The maximum atomic E-state index is 13.5. The van der Waals surface area contributed by atoms with E-state index in [9.17, 15) is 13.2 Å². The highest BCUT2D eigenvalue weighted by molar-refractivity contribution is 9.09. The van der Waals surface area contributed by atoms with Crippen molar-refractivity contribution in [2.45, 2.75) is 17.4 Å². The van der Waals surface area contributed by atoms with Gasteiger partial charge in [-0.2, -0.15) is 13.2 Å². The standard InChI is InChI=1S/C15H12BrF3/c1-11-7-9-13(10-8-11)14(16,15(17,18)19)12-5-3-2-4-6-12/h2-10H,1H3. The number of halogens is 4. The van der Waals surface area contributed by atoms with Crippen LogP contribution in [0.15, 0.2) is 54.6 Å². The van der Waals surface area contributed by atoms with E-state index in [1.54, 1.807) is 30.3 Å². The van der Waals surface area contributed by atoms with Crippen molar-refractivity contribution in [3.63, 3.8) is 0 Å². The summed E-state index contributed by atoms with van der Waals surface area (Å²) in [5.74, 6) is 0. The molecule has 4 heteroatoms. The van der Waals surface area contributed by atoms with E-state index < -0.39 is 10.5 Å². The number of hydrogen-bond donors (Lipinski definition) is 0. The summed E-state index contributed by atoms with van der Waals surface area (Å²) in [6.45, 7) is 1.84. The Hall–Kier alpha value is -1.29. The van der Waals surface area contributed by atoms with E-state index in [-0.39, 0.29) is 11.1 Å². The van der Waals surface area contributed by atoms with Crippen molar-refractivity contribution >= 4 is 15.9 Å². The van der Waals surface area contributed by atoms with Crippen molar-refractivity contribution in [3.8, 4) is 0 Å². The fourth-order valence-corrected chi connectivity index (χ4v) is 2.47. The molecule has 1 atom stereocenters. The molecule has 0 aliphatic carbocycles. The molecule has 0 fully saturated rings. The molecule has 2 rings (SSSR count). The van der Waals surface area contributed by atoms with Crippen molar-refractivity contribution in [1.29, 1.82) is 0 Å². The van der Waals surface area contributed by atoms with Gasteiger partial charge in [0.05, 0.1) is 0 Å². The maximum Gasteiger partial charge on any atom is 0.411 e. The van der Waals surface area contributed by atoms with Gasteiger partial charge in [-0.25, -0.2) is 0 Å². The first kappa shape index (κ1) is 14.1. The lowest BCUT2D eigenvalue weighted by Gasteiger charge is -2.31. The van der Waals surface area contributed by atoms with E-state index in [0.29, 0.717) is 0 Å². The van der Waals surface area contributed by atoms with Crippen molar-refractivity contribution in [2.75, 3.05) is 0 Å². The molecule has 0 aromatic heterocycles. The molecule has 0 spiro atoms. The van der Waals surface area contributed by atoms with Gasteiger partial charge in [-0.15, -0.1) is 0 Å². The Labute approximate surface area is 118 Å². The third-order valence-corrected chi connectivity index (χ3v) is 4.38. The molecule has 100 valence electrons. The largest absolute Gasteiger partial charge is 0.411 e. The molecule has 19 heavy (non-hydrogen) atoms. The lowest BCUT2D eigenvalue weighted by Crippen LogP contribution is -2.37. The summed E-state index contributed by atoms with van der Waals surface area (Å²) >= 11 is 2.92. The molecule has 1 unspecified atom stereocenters. The first-order chi connectivity index (χ1) is 8.85. The van der Waals surface area contributed by atoms with E-state index in [0.717, 1.165) is 5.56 Å². The van der Waals surface area contributed by atoms with Gasteiger partial charge in [0.2, 0.25) is 0 Å². The molecule has 2 aromatic carbocycles. The second kappa shape index (κ2) is 5.00. The van der Waals surface area contributed by atoms with Crippen LogP contribution < -0.4 is 0 Å². The molecular formula is C15H12BrF3. The number of aryl methyl sites for hydroxylation is 1. The summed E-state index contributed by atoms with van der Waals surface area (Å²) in [6, 6.07) is 14.2. The molecule has 0 aliphatic rings. The first-order valence-electron chi connectivity index (χ1n) is 5.74. The van der Waals surface area contributed by atoms with Crippen molar-refractivity contribution in [3.05, 3.63) is 71.3 Å². The van der Waals surface area contributed by atoms with Gasteiger partial charge < -0.3 is 0 Å². The average Bonchev–Trinajstić information content (AvgIpc) is 2.38. The minimum atomic E-state index is -4.43. The average molecular weight is 329 g/mol. The smallest absolute Gasteiger partial charge is 0.169 e. The van der Waals surface area contributed by atoms with Crippen LogP contribution in [-0.4, -0.2) is 6.18 Å². The Balaban J connectivity index is 2.63. The van der Waals surface area contributed by atoms with Gasteiger partial charge in [0.15, 0.2) is 4.32 Å². The fraction of sp³-hybridized carbons (Fsp3) is 0.200. The predicted molar refractivity (Wildman–Crippen MR) is 73.4 cm³/mol. The fourth-order valence-electron chi connectivity index (χ4n) is 1.95. The van der Waals surface area contributed by atoms with Crippen LogP contribution in [0.3, 0.4) is 0 Å². The zero-order valence-corrected chi connectivity index (χ0v) is 11.8. The molecule has 0 saturated carbocycles. The van der Waals surface area contributed by atoms with Crippen LogP contribution in [0.5, 0.6) is 0 Å². The van der Waals surface area contributed by atoms with Gasteiger partial charge >= 0.3 is 6.18 Å². The minimum Gasteiger partial charge on any atom is -0.169 e. The molecule has 0 nitrogen and oxygen atoms in total. The first-order valence-corrected chi connectivity index (χ1v) is 6.53. The van der Waals surface area contributed by atoms with E-state index in [1.165, 1.54) is 24.3 Å². The molecule has 0 N–H and O–H groups in total. The molecule has 2 aromatic rings. The Kier molecular flexibility index (Phi) is 3.72. The van der Waals surface area contributed by atoms with Crippen LogP contribution in [0.25, 0.3) is 0 Å². The summed E-state index contributed by atoms with van der Waals surface area (Å²) in [7, 11) is 0. The van der Waals surface area contributed by atoms with Gasteiger partial charge in [-0.05, 0) is 18.1 Å². The molecule has 0 heterocycles. The van der Waals surface area contributed by atoms with Gasteiger partial charge in [-0.3, -0.25) is 0 Å². The highest BCUT2D eigenvalue weighted by Gasteiger charge is 2.55. The van der Waals surface area contributed by atoms with E-state index in [2.05, 4.69) is 15.9 Å². The molecule has 0 saturated heterocycles. The van der Waals surface area contributed by atoms with E-state index >= 15 is 0 Å². The third kappa shape index (κ3) is 2.54. The Morgan fingerprint density at radius 1 is 0.789 bits per heavy atom. The Morgan fingerprint density at radius 2 is 1.26 bits per heavy atom. The second-order valence-electron chi connectivity index (χ2n) is 4.39. The van der Waals surface area contributed by atoms with Crippen molar-refractivity contribution in [2.24, 2.45) is 0 Å². The monoisotopic (exact) mass is 328 g/mol. The van der Waals surface area contributed by atoms with Crippen LogP contribution in [0.4, 0.5) is 13.2 Å². The summed E-state index contributed by atoms with van der Waals surface area (Å²) in [5.41, 5.74) is 1.27. The van der Waals surface area contributed by atoms with Gasteiger partial charge in [0.1, 0.15) is 0 Å². The van der Waals surface area contributed by atoms with Crippen LogP contribution in [0, 0.1) is 6.92 Å². The quantitative estimate of drug-likeness (QED) is 0.665. The number of benzene rings is 2. The molecular weight excluding hydrogens is 317 g/mol. The predicted octanol–water partition coefficient (Wildman–Crippen LogP) is 5.20. The highest BCUT2D eigenvalue weighted by atomic mass is 79.9. The summed E-state index contributed by atoms with van der Waals surface area (Å²) < 4.78 is 38.4. The Bertz CT molecular complexity index is 546. The zero-order valence-electron chi connectivity index (χ0n) is 10.2. The van der Waals surface area contributed by atoms with Crippen molar-refractivity contribution in [1.82, 2.24) is 0 Å². The SMILES string of the molecule is Cc1ccc(C(Br)(c2ccccc2)C(F)(F)F)cc1. The van der Waals surface area contributed by atoms with Gasteiger partial charge in [-0.1, -0.05) is 76.1 Å². The van der Waals surface area contributed by atoms with Crippen LogP contribution in [0.1, 0.15) is 16.7 Å². The number of hydrogen-bond acceptors (Lipinski definition) is 0. The van der Waals surface area contributed by atoms with Crippen LogP contribution in [-0.2, 0) is 4.32 Å². The molecule has 0 bridgehead atoms.